The highest BCUT2D eigenvalue weighted by Crippen LogP contribution is 2.15. The monoisotopic (exact) mass is 492 g/mol. The molecule has 3 aromatic carbocycles. The molecule has 1 aliphatic rings. The van der Waals surface area contributed by atoms with Gasteiger partial charge in [-0.15, -0.1) is 0 Å². The molecular formula is C27H28N2O7. The Morgan fingerprint density at radius 2 is 1.25 bits per heavy atom. The molecule has 0 unspecified atom stereocenters. The number of hydrogen-bond donors (Lipinski definition) is 3. The van der Waals surface area contributed by atoms with E-state index in [4.69, 9.17) is 10.2 Å². The fourth-order valence-corrected chi connectivity index (χ4v) is 3.39. The van der Waals surface area contributed by atoms with Crippen molar-refractivity contribution in [3.8, 4) is 0 Å². The van der Waals surface area contributed by atoms with Crippen LogP contribution in [-0.2, 0) is 0 Å². The van der Waals surface area contributed by atoms with Crippen LogP contribution in [0.2, 0.25) is 0 Å². The van der Waals surface area contributed by atoms with Crippen molar-refractivity contribution in [1.29, 1.82) is 0 Å². The summed E-state index contributed by atoms with van der Waals surface area (Å²) in [5, 5.41) is 31.1. The smallest absolute Gasteiger partial charge is 0.335 e. The van der Waals surface area contributed by atoms with Gasteiger partial charge in [-0.2, -0.15) is 0 Å². The van der Waals surface area contributed by atoms with E-state index in [-0.39, 0.29) is 28.2 Å². The highest BCUT2D eigenvalue weighted by Gasteiger charge is 2.13. The van der Waals surface area contributed by atoms with Gasteiger partial charge in [-0.1, -0.05) is 42.8 Å². The number of carbonyl (C=O) groups is 3. The number of carbonyl (C=O) groups excluding carboxylic acids is 1. The number of hydrogen-bond acceptors (Lipinski definition) is 6. The molecule has 3 N–H and O–H groups in total. The molecule has 1 aliphatic heterocycles. The molecule has 0 amide bonds. The maximum absolute atomic E-state index is 12.0. The predicted molar refractivity (Wildman–Crippen MR) is 135 cm³/mol. The van der Waals surface area contributed by atoms with Crippen molar-refractivity contribution >= 4 is 23.4 Å². The minimum atomic E-state index is -1.11. The summed E-state index contributed by atoms with van der Waals surface area (Å²) in [7, 11) is 0. The van der Waals surface area contributed by atoms with Crippen LogP contribution in [0.5, 0.6) is 0 Å². The SMILES string of the molecule is C1CCNCC1.Cc1c(C(=O)O)cccc1C(=O)O.O=C(c1ccccc1)c1ccc([N+](=O)[O-])cc1. The molecule has 1 fully saturated rings. The van der Waals surface area contributed by atoms with Gasteiger partial charge in [-0.3, -0.25) is 14.9 Å². The summed E-state index contributed by atoms with van der Waals surface area (Å²) in [5.41, 5.74) is 1.33. The van der Waals surface area contributed by atoms with Crippen LogP contribution in [0.25, 0.3) is 0 Å². The van der Waals surface area contributed by atoms with E-state index in [0.29, 0.717) is 11.1 Å². The van der Waals surface area contributed by atoms with Crippen LogP contribution < -0.4 is 5.32 Å². The topological polar surface area (TPSA) is 147 Å². The highest BCUT2D eigenvalue weighted by molar-refractivity contribution is 6.09. The van der Waals surface area contributed by atoms with Gasteiger partial charge in [0.25, 0.3) is 5.69 Å². The lowest BCUT2D eigenvalue weighted by molar-refractivity contribution is -0.384. The van der Waals surface area contributed by atoms with Crippen molar-refractivity contribution in [3.63, 3.8) is 0 Å². The molecule has 9 heteroatoms. The second kappa shape index (κ2) is 14.1. The standard InChI is InChI=1S/C13H9NO3.C9H8O4.C5H11N/c15-13(10-4-2-1-3-5-10)11-6-8-12(9-7-11)14(16)17;1-5-6(8(10)11)3-2-4-7(5)9(12)13;1-2-4-6-5-3-1/h1-9H;2-4H,1H3,(H,10,11)(H,12,13);6H,1-5H2. The van der Waals surface area contributed by atoms with Gasteiger partial charge >= 0.3 is 11.9 Å². The van der Waals surface area contributed by atoms with Crippen molar-refractivity contribution in [2.75, 3.05) is 13.1 Å². The molecule has 0 aromatic heterocycles. The Bertz CT molecular complexity index is 1140. The van der Waals surface area contributed by atoms with E-state index in [1.165, 1.54) is 81.7 Å². The van der Waals surface area contributed by atoms with Gasteiger partial charge in [0, 0.05) is 23.3 Å². The van der Waals surface area contributed by atoms with Crippen LogP contribution in [0.15, 0.2) is 72.8 Å². The summed E-state index contributed by atoms with van der Waals surface area (Å²) in [5.74, 6) is -2.36. The maximum atomic E-state index is 12.0. The zero-order valence-electron chi connectivity index (χ0n) is 19.8. The van der Waals surface area contributed by atoms with Crippen LogP contribution in [0.4, 0.5) is 5.69 Å². The van der Waals surface area contributed by atoms with E-state index in [0.717, 1.165) is 0 Å². The Kier molecular flexibility index (Phi) is 10.9. The molecule has 0 bridgehead atoms. The zero-order chi connectivity index (χ0) is 26.5. The third-order valence-electron chi connectivity index (χ3n) is 5.38. The highest BCUT2D eigenvalue weighted by atomic mass is 16.6. The minimum absolute atomic E-state index is 0.0189. The summed E-state index contributed by atoms with van der Waals surface area (Å²) in [6.45, 7) is 3.98. The lowest BCUT2D eigenvalue weighted by atomic mass is 10.0. The number of nitro groups is 1. The van der Waals surface area contributed by atoms with Crippen LogP contribution in [0.1, 0.15) is 61.5 Å². The molecule has 1 heterocycles. The van der Waals surface area contributed by atoms with Gasteiger partial charge in [0.05, 0.1) is 16.1 Å². The van der Waals surface area contributed by atoms with Gasteiger partial charge in [-0.05, 0) is 62.7 Å². The number of ketones is 1. The molecule has 0 radical (unpaired) electrons. The second-order valence-electron chi connectivity index (χ2n) is 7.90. The van der Waals surface area contributed by atoms with E-state index in [9.17, 15) is 24.5 Å². The van der Waals surface area contributed by atoms with Crippen molar-refractivity contribution < 1.29 is 29.5 Å². The summed E-state index contributed by atoms with van der Waals surface area (Å²) >= 11 is 0. The molecule has 4 rings (SSSR count). The molecule has 0 atom stereocenters. The Morgan fingerprint density at radius 3 is 1.64 bits per heavy atom. The molecule has 3 aromatic rings. The van der Waals surface area contributed by atoms with Gasteiger partial charge in [0.15, 0.2) is 5.78 Å². The molecule has 0 saturated carbocycles. The molecule has 188 valence electrons. The van der Waals surface area contributed by atoms with Crippen LogP contribution >= 0.6 is 0 Å². The quantitative estimate of drug-likeness (QED) is 0.257. The number of carboxylic acids is 2. The first-order valence-corrected chi connectivity index (χ1v) is 11.3. The number of aromatic carboxylic acids is 2. The molecule has 9 nitrogen and oxygen atoms in total. The largest absolute Gasteiger partial charge is 0.478 e. The Hall–Kier alpha value is -4.37. The number of rotatable bonds is 5. The third kappa shape index (κ3) is 8.44. The molecule has 1 saturated heterocycles. The van der Waals surface area contributed by atoms with Gasteiger partial charge in [0.1, 0.15) is 0 Å². The van der Waals surface area contributed by atoms with Crippen molar-refractivity contribution in [1.82, 2.24) is 5.32 Å². The average molecular weight is 493 g/mol. The van der Waals surface area contributed by atoms with E-state index in [1.54, 1.807) is 24.3 Å². The Morgan fingerprint density at radius 1 is 0.750 bits per heavy atom. The number of benzene rings is 3. The lowest BCUT2D eigenvalue weighted by Gasteiger charge is -2.08. The number of nitrogens with one attached hydrogen (secondary N) is 1. The fraction of sp³-hybridized carbons (Fsp3) is 0.222. The van der Waals surface area contributed by atoms with Crippen LogP contribution in [0.3, 0.4) is 0 Å². The number of nitrogens with zero attached hydrogens (tertiary/aromatic N) is 1. The predicted octanol–water partition coefficient (Wildman–Crippen LogP) is 4.98. The zero-order valence-corrected chi connectivity index (χ0v) is 19.8. The second-order valence-corrected chi connectivity index (χ2v) is 7.90. The number of nitro benzene ring substituents is 1. The van der Waals surface area contributed by atoms with E-state index < -0.39 is 16.9 Å². The number of non-ortho nitro benzene ring substituents is 1. The molecular weight excluding hydrogens is 464 g/mol. The Labute approximate surface area is 208 Å². The summed E-state index contributed by atoms with van der Waals surface area (Å²) in [6, 6.07) is 18.6. The number of piperidine rings is 1. The molecule has 0 aliphatic carbocycles. The van der Waals surface area contributed by atoms with Crippen LogP contribution in [0, 0.1) is 17.0 Å². The maximum Gasteiger partial charge on any atom is 0.335 e. The summed E-state index contributed by atoms with van der Waals surface area (Å²) < 4.78 is 0. The first kappa shape index (κ1) is 27.9. The Balaban J connectivity index is 0.000000211. The summed E-state index contributed by atoms with van der Waals surface area (Å²) in [4.78, 5) is 43.1. The van der Waals surface area contributed by atoms with Gasteiger partial charge in [-0.25, -0.2) is 9.59 Å². The van der Waals surface area contributed by atoms with Gasteiger partial charge < -0.3 is 15.5 Å². The van der Waals surface area contributed by atoms with Crippen LogP contribution in [-0.4, -0.2) is 45.9 Å². The van der Waals surface area contributed by atoms with Crippen molar-refractivity contribution in [3.05, 3.63) is 111 Å². The van der Waals surface area contributed by atoms with E-state index in [2.05, 4.69) is 5.32 Å². The number of carboxylic acid groups (broad SMARTS) is 2. The first-order chi connectivity index (χ1) is 17.2. The normalized spacial score (nSPS) is 12.1. The van der Waals surface area contributed by atoms with E-state index in [1.807, 2.05) is 6.07 Å². The first-order valence-electron chi connectivity index (χ1n) is 11.3. The van der Waals surface area contributed by atoms with Gasteiger partial charge in [0.2, 0.25) is 0 Å². The average Bonchev–Trinajstić information content (AvgIpc) is 2.90. The third-order valence-corrected chi connectivity index (χ3v) is 5.38. The lowest BCUT2D eigenvalue weighted by Crippen LogP contribution is -2.21. The molecule has 36 heavy (non-hydrogen) atoms. The van der Waals surface area contributed by atoms with Crippen molar-refractivity contribution in [2.24, 2.45) is 0 Å². The summed E-state index contributed by atoms with van der Waals surface area (Å²) in [6.07, 6.45) is 4.22. The minimum Gasteiger partial charge on any atom is -0.478 e. The van der Waals surface area contributed by atoms with E-state index >= 15 is 0 Å². The fourth-order valence-electron chi connectivity index (χ4n) is 3.39. The molecule has 0 spiro atoms. The van der Waals surface area contributed by atoms with Crippen molar-refractivity contribution in [2.45, 2.75) is 26.2 Å².